The number of amides is 2. The van der Waals surface area contributed by atoms with Gasteiger partial charge < -0.3 is 20.1 Å². The Hall–Kier alpha value is -3.77. The third-order valence-electron chi connectivity index (χ3n) is 5.85. The van der Waals surface area contributed by atoms with Gasteiger partial charge in [0.2, 0.25) is 5.91 Å². The Bertz CT molecular complexity index is 1250. The third kappa shape index (κ3) is 4.24. The van der Waals surface area contributed by atoms with Gasteiger partial charge in [0.25, 0.3) is 5.91 Å². The van der Waals surface area contributed by atoms with Gasteiger partial charge in [0, 0.05) is 24.1 Å². The molecule has 2 aromatic heterocycles. The number of halogens is 2. The highest BCUT2D eigenvalue weighted by atomic mass is 19.3. The molecule has 0 bridgehead atoms. The van der Waals surface area contributed by atoms with Crippen molar-refractivity contribution < 1.29 is 28.2 Å². The number of hydrogen-bond donors (Lipinski definition) is 2. The zero-order valence-electron chi connectivity index (χ0n) is 17.8. The van der Waals surface area contributed by atoms with E-state index in [9.17, 15) is 23.5 Å². The fraction of sp³-hybridized carbons (Fsp3) is 0.318. The standard InChI is InChI=1S/C22H20F2N6O4/c23-22(24)34-11-14-2-1-3-18(25-14)30-10-16(27-28-30)12-4-5-15-13(8-12)9-29(21(15)33)17-6-7-19(31)26-20(17)32/h1-5,8,10,17,20,22,32H,6-7,9,11H2,(H,26,31). The monoisotopic (exact) mass is 470 g/mol. The zero-order valence-corrected chi connectivity index (χ0v) is 17.8. The number of aliphatic hydroxyl groups is 1. The van der Waals surface area contributed by atoms with Gasteiger partial charge in [-0.15, -0.1) is 5.10 Å². The van der Waals surface area contributed by atoms with Gasteiger partial charge in [0.05, 0.1) is 24.5 Å². The van der Waals surface area contributed by atoms with Gasteiger partial charge in [0.1, 0.15) is 11.9 Å². The summed E-state index contributed by atoms with van der Waals surface area (Å²) in [6, 6.07) is 9.71. The molecule has 0 aliphatic carbocycles. The number of carbonyl (C=O) groups is 2. The highest BCUT2D eigenvalue weighted by Gasteiger charge is 2.39. The van der Waals surface area contributed by atoms with Crippen molar-refractivity contribution in [2.24, 2.45) is 0 Å². The Labute approximate surface area is 192 Å². The van der Waals surface area contributed by atoms with Crippen LogP contribution in [0.5, 0.6) is 0 Å². The number of ether oxygens (including phenoxy) is 1. The van der Waals surface area contributed by atoms with Crippen LogP contribution in [0.1, 0.15) is 34.5 Å². The number of carbonyl (C=O) groups excluding carboxylic acids is 2. The van der Waals surface area contributed by atoms with Gasteiger partial charge in [-0.3, -0.25) is 9.59 Å². The number of fused-ring (bicyclic) bond motifs is 1. The van der Waals surface area contributed by atoms with E-state index in [1.165, 1.54) is 4.68 Å². The van der Waals surface area contributed by atoms with Crippen LogP contribution >= 0.6 is 0 Å². The fourth-order valence-electron chi connectivity index (χ4n) is 4.20. The second kappa shape index (κ2) is 8.88. The summed E-state index contributed by atoms with van der Waals surface area (Å²) >= 11 is 0. The number of alkyl halides is 2. The summed E-state index contributed by atoms with van der Waals surface area (Å²) in [6.07, 6.45) is 1.19. The quantitative estimate of drug-likeness (QED) is 0.561. The summed E-state index contributed by atoms with van der Waals surface area (Å²) in [7, 11) is 0. The summed E-state index contributed by atoms with van der Waals surface area (Å²) in [4.78, 5) is 30.2. The summed E-state index contributed by atoms with van der Waals surface area (Å²) in [5.74, 6) is -0.0396. The van der Waals surface area contributed by atoms with Crippen LogP contribution in [0, 0.1) is 0 Å². The molecule has 5 rings (SSSR count). The van der Waals surface area contributed by atoms with E-state index in [-0.39, 0.29) is 24.8 Å². The van der Waals surface area contributed by atoms with Crippen molar-refractivity contribution in [1.82, 2.24) is 30.2 Å². The number of nitrogens with one attached hydrogen (secondary N) is 1. The number of pyridine rings is 1. The first-order chi connectivity index (χ1) is 16.4. The number of nitrogens with zero attached hydrogens (tertiary/aromatic N) is 5. The molecular formula is C22H20F2N6O4. The molecule has 176 valence electrons. The maximum atomic E-state index is 12.9. The number of benzene rings is 1. The molecule has 1 aromatic carbocycles. The first kappa shape index (κ1) is 22.0. The normalized spacial score (nSPS) is 20.1. The van der Waals surface area contributed by atoms with E-state index in [2.05, 4.69) is 25.3 Å². The van der Waals surface area contributed by atoms with Crippen LogP contribution in [0.2, 0.25) is 0 Å². The van der Waals surface area contributed by atoms with E-state index in [1.807, 2.05) is 6.07 Å². The number of aliphatic hydroxyl groups excluding tert-OH is 1. The second-order valence-electron chi connectivity index (χ2n) is 8.03. The van der Waals surface area contributed by atoms with Crippen molar-refractivity contribution in [3.05, 3.63) is 59.4 Å². The second-order valence-corrected chi connectivity index (χ2v) is 8.03. The fourth-order valence-corrected chi connectivity index (χ4v) is 4.20. The molecule has 0 spiro atoms. The molecule has 0 saturated carbocycles. The average molecular weight is 470 g/mol. The Morgan fingerprint density at radius 2 is 2.09 bits per heavy atom. The van der Waals surface area contributed by atoms with Crippen molar-refractivity contribution in [3.8, 4) is 17.1 Å². The van der Waals surface area contributed by atoms with Gasteiger partial charge in [0.15, 0.2) is 5.82 Å². The summed E-state index contributed by atoms with van der Waals surface area (Å²) in [5.41, 5.74) is 2.91. The Morgan fingerprint density at radius 1 is 1.24 bits per heavy atom. The Morgan fingerprint density at radius 3 is 2.88 bits per heavy atom. The minimum absolute atomic E-state index is 0.197. The van der Waals surface area contributed by atoms with Gasteiger partial charge in [-0.1, -0.05) is 17.3 Å². The molecule has 34 heavy (non-hydrogen) atoms. The first-order valence-electron chi connectivity index (χ1n) is 10.6. The molecule has 1 fully saturated rings. The van der Waals surface area contributed by atoms with E-state index in [0.717, 1.165) is 11.1 Å². The van der Waals surface area contributed by atoms with Crippen LogP contribution in [0.25, 0.3) is 17.1 Å². The highest BCUT2D eigenvalue weighted by Crippen LogP contribution is 2.31. The molecule has 0 radical (unpaired) electrons. The van der Waals surface area contributed by atoms with Crippen molar-refractivity contribution >= 4 is 11.8 Å². The largest absolute Gasteiger partial charge is 0.372 e. The zero-order chi connectivity index (χ0) is 23.8. The summed E-state index contributed by atoms with van der Waals surface area (Å²) in [6.45, 7) is -2.91. The smallest absolute Gasteiger partial charge is 0.345 e. The Balaban J connectivity index is 1.35. The van der Waals surface area contributed by atoms with E-state index in [4.69, 9.17) is 0 Å². The van der Waals surface area contributed by atoms with E-state index in [0.29, 0.717) is 35.7 Å². The lowest BCUT2D eigenvalue weighted by atomic mass is 10.0. The molecule has 2 amide bonds. The lowest BCUT2D eigenvalue weighted by molar-refractivity contribution is -0.138. The molecule has 1 saturated heterocycles. The van der Waals surface area contributed by atoms with Crippen LogP contribution < -0.4 is 5.32 Å². The van der Waals surface area contributed by atoms with Gasteiger partial charge in [-0.25, -0.2) is 9.67 Å². The van der Waals surface area contributed by atoms with E-state index in [1.54, 1.807) is 41.4 Å². The molecule has 12 heteroatoms. The molecule has 2 N–H and O–H groups in total. The first-order valence-corrected chi connectivity index (χ1v) is 10.6. The van der Waals surface area contributed by atoms with Gasteiger partial charge >= 0.3 is 6.61 Å². The lowest BCUT2D eigenvalue weighted by Crippen LogP contribution is -2.55. The topological polar surface area (TPSA) is 122 Å². The van der Waals surface area contributed by atoms with Crippen LogP contribution in [0.15, 0.2) is 42.6 Å². The molecular weight excluding hydrogens is 450 g/mol. The summed E-state index contributed by atoms with van der Waals surface area (Å²) < 4.78 is 30.3. The molecule has 10 nitrogen and oxygen atoms in total. The van der Waals surface area contributed by atoms with Gasteiger partial charge in [-0.05, 0) is 36.2 Å². The number of piperidine rings is 1. The molecule has 4 heterocycles. The number of aromatic nitrogens is 4. The number of rotatable bonds is 6. The maximum Gasteiger partial charge on any atom is 0.345 e. The minimum Gasteiger partial charge on any atom is -0.372 e. The lowest BCUT2D eigenvalue weighted by Gasteiger charge is -2.35. The maximum absolute atomic E-state index is 12.9. The van der Waals surface area contributed by atoms with Crippen molar-refractivity contribution in [1.29, 1.82) is 0 Å². The van der Waals surface area contributed by atoms with Crippen LogP contribution in [-0.4, -0.2) is 60.7 Å². The highest BCUT2D eigenvalue weighted by molar-refractivity contribution is 5.99. The SMILES string of the molecule is O=C1CCC(N2Cc3cc(-c4cn(-c5cccc(COC(F)F)n5)nn4)ccc3C2=O)C(O)N1. The molecule has 2 unspecified atom stereocenters. The number of hydrogen-bond acceptors (Lipinski definition) is 7. The Kier molecular flexibility index (Phi) is 5.75. The molecule has 2 aliphatic heterocycles. The van der Waals surface area contributed by atoms with Crippen LogP contribution in [-0.2, 0) is 22.7 Å². The molecule has 3 aromatic rings. The van der Waals surface area contributed by atoms with Gasteiger partial charge in [-0.2, -0.15) is 8.78 Å². The van der Waals surface area contributed by atoms with Crippen molar-refractivity contribution in [2.75, 3.05) is 0 Å². The summed E-state index contributed by atoms with van der Waals surface area (Å²) in [5, 5.41) is 21.0. The van der Waals surface area contributed by atoms with Crippen molar-refractivity contribution in [3.63, 3.8) is 0 Å². The molecule has 2 atom stereocenters. The van der Waals surface area contributed by atoms with E-state index >= 15 is 0 Å². The predicted molar refractivity (Wildman–Crippen MR) is 112 cm³/mol. The van der Waals surface area contributed by atoms with Crippen molar-refractivity contribution in [2.45, 2.75) is 44.9 Å². The van der Waals surface area contributed by atoms with Crippen LogP contribution in [0.4, 0.5) is 8.78 Å². The molecule has 2 aliphatic rings. The predicted octanol–water partition coefficient (Wildman–Crippen LogP) is 1.62. The van der Waals surface area contributed by atoms with E-state index < -0.39 is 18.9 Å². The third-order valence-corrected chi connectivity index (χ3v) is 5.85. The average Bonchev–Trinajstić information content (AvgIpc) is 3.43. The van der Waals surface area contributed by atoms with Crippen LogP contribution in [0.3, 0.4) is 0 Å². The minimum atomic E-state index is -2.88.